The van der Waals surface area contributed by atoms with Gasteiger partial charge in [0.2, 0.25) is 0 Å². The molecule has 2 aliphatic heterocycles. The number of piperidine rings is 1. The van der Waals surface area contributed by atoms with E-state index in [1.165, 1.54) is 6.07 Å². The van der Waals surface area contributed by atoms with Crippen LogP contribution in [0.3, 0.4) is 0 Å². The van der Waals surface area contributed by atoms with Crippen molar-refractivity contribution in [3.05, 3.63) is 70.8 Å². The maximum absolute atomic E-state index is 13.0. The van der Waals surface area contributed by atoms with E-state index in [4.69, 9.17) is 4.74 Å². The largest absolute Gasteiger partial charge is 0.416 e. The van der Waals surface area contributed by atoms with Crippen molar-refractivity contribution in [1.29, 1.82) is 5.26 Å². The maximum Gasteiger partial charge on any atom is 0.416 e. The van der Waals surface area contributed by atoms with Crippen LogP contribution in [0, 0.1) is 11.3 Å². The number of hydrogen-bond donors (Lipinski definition) is 1. The fraction of sp³-hybridized carbons (Fsp3) is 0.409. The summed E-state index contributed by atoms with van der Waals surface area (Å²) in [6.07, 6.45) is -3.93. The second kappa shape index (κ2) is 7.45. The Morgan fingerprint density at radius 1 is 1.10 bits per heavy atom. The van der Waals surface area contributed by atoms with Crippen molar-refractivity contribution in [3.8, 4) is 6.07 Å². The Morgan fingerprint density at radius 2 is 1.76 bits per heavy atom. The van der Waals surface area contributed by atoms with Crippen LogP contribution in [0.5, 0.6) is 0 Å². The summed E-state index contributed by atoms with van der Waals surface area (Å²) in [6, 6.07) is 14.7. The number of nitrogens with zero attached hydrogens (tertiary/aromatic N) is 2. The molecule has 4 rings (SSSR count). The molecule has 0 amide bonds. The van der Waals surface area contributed by atoms with Crippen molar-refractivity contribution < 1.29 is 23.0 Å². The van der Waals surface area contributed by atoms with Crippen molar-refractivity contribution >= 4 is 0 Å². The first-order valence-corrected chi connectivity index (χ1v) is 9.52. The lowest BCUT2D eigenvalue weighted by Crippen LogP contribution is -2.60. The van der Waals surface area contributed by atoms with Gasteiger partial charge in [0.25, 0.3) is 0 Å². The molecule has 4 nitrogen and oxygen atoms in total. The van der Waals surface area contributed by atoms with E-state index in [-0.39, 0.29) is 23.2 Å². The van der Waals surface area contributed by atoms with Crippen molar-refractivity contribution in [2.24, 2.45) is 0 Å². The molecule has 2 unspecified atom stereocenters. The van der Waals surface area contributed by atoms with E-state index in [1.54, 1.807) is 0 Å². The summed E-state index contributed by atoms with van der Waals surface area (Å²) in [4.78, 5) is 2.30. The number of ether oxygens (including phenoxy) is 1. The molecule has 0 radical (unpaired) electrons. The molecule has 2 bridgehead atoms. The van der Waals surface area contributed by atoms with Crippen molar-refractivity contribution in [2.75, 3.05) is 13.2 Å². The van der Waals surface area contributed by atoms with Crippen LogP contribution in [0.2, 0.25) is 0 Å². The molecule has 2 saturated heterocycles. The molecule has 29 heavy (non-hydrogen) atoms. The molecule has 0 aromatic heterocycles. The molecule has 7 heteroatoms. The zero-order valence-corrected chi connectivity index (χ0v) is 15.7. The molecule has 2 aromatic rings. The predicted octanol–water partition coefficient (Wildman–Crippen LogP) is 3.83. The summed E-state index contributed by atoms with van der Waals surface area (Å²) in [5.74, 6) is 0. The van der Waals surface area contributed by atoms with Crippen LogP contribution in [0.25, 0.3) is 0 Å². The minimum atomic E-state index is -4.53. The summed E-state index contributed by atoms with van der Waals surface area (Å²) >= 11 is 0. The van der Waals surface area contributed by atoms with Gasteiger partial charge in [0.05, 0.1) is 36.0 Å². The van der Waals surface area contributed by atoms with Crippen molar-refractivity contribution in [3.63, 3.8) is 0 Å². The van der Waals surface area contributed by atoms with Gasteiger partial charge in [0.15, 0.2) is 0 Å². The van der Waals surface area contributed by atoms with E-state index in [0.717, 1.165) is 17.7 Å². The topological polar surface area (TPSA) is 56.5 Å². The Kier molecular flexibility index (Phi) is 5.11. The summed E-state index contributed by atoms with van der Waals surface area (Å²) < 4.78 is 44.8. The van der Waals surface area contributed by atoms with Gasteiger partial charge in [-0.2, -0.15) is 18.4 Å². The molecule has 0 spiro atoms. The van der Waals surface area contributed by atoms with E-state index in [9.17, 15) is 23.5 Å². The number of hydrogen-bond acceptors (Lipinski definition) is 4. The zero-order valence-electron chi connectivity index (χ0n) is 15.7. The highest BCUT2D eigenvalue weighted by atomic mass is 19.4. The number of benzene rings is 2. The Bertz CT molecular complexity index is 910. The number of rotatable bonds is 3. The fourth-order valence-electron chi connectivity index (χ4n) is 4.54. The highest BCUT2D eigenvalue weighted by molar-refractivity contribution is 5.45. The van der Waals surface area contributed by atoms with Crippen LogP contribution in [0.1, 0.15) is 35.1 Å². The lowest BCUT2D eigenvalue weighted by Gasteiger charge is -2.52. The summed E-state index contributed by atoms with van der Waals surface area (Å²) in [6.45, 7) is 1.59. The minimum absolute atomic E-state index is 0.0819. The first-order chi connectivity index (χ1) is 13.8. The number of alkyl halides is 3. The van der Waals surface area contributed by atoms with E-state index in [0.29, 0.717) is 32.6 Å². The zero-order chi connectivity index (χ0) is 20.6. The average molecular weight is 402 g/mol. The number of morpholine rings is 1. The van der Waals surface area contributed by atoms with Gasteiger partial charge in [-0.3, -0.25) is 4.90 Å². The molecule has 2 fully saturated rings. The van der Waals surface area contributed by atoms with Crippen LogP contribution in [-0.2, 0) is 23.1 Å². The summed E-state index contributed by atoms with van der Waals surface area (Å²) in [7, 11) is 0. The van der Waals surface area contributed by atoms with Crippen molar-refractivity contribution in [1.82, 2.24) is 4.90 Å². The maximum atomic E-state index is 13.0. The molecule has 152 valence electrons. The Labute approximate surface area is 167 Å². The predicted molar refractivity (Wildman–Crippen MR) is 99.7 cm³/mol. The quantitative estimate of drug-likeness (QED) is 0.848. The normalized spacial score (nSPS) is 27.4. The lowest BCUT2D eigenvalue weighted by atomic mass is 9.75. The Hall–Kier alpha value is -2.40. The Morgan fingerprint density at radius 3 is 2.34 bits per heavy atom. The van der Waals surface area contributed by atoms with Gasteiger partial charge in [0, 0.05) is 24.2 Å². The molecule has 2 aliphatic rings. The van der Waals surface area contributed by atoms with Gasteiger partial charge in [0.1, 0.15) is 0 Å². The monoisotopic (exact) mass is 402 g/mol. The van der Waals surface area contributed by atoms with E-state index < -0.39 is 17.3 Å². The van der Waals surface area contributed by atoms with Gasteiger partial charge in [-0.05, 0) is 30.5 Å². The highest BCUT2D eigenvalue weighted by Crippen LogP contribution is 2.43. The smallest absolute Gasteiger partial charge is 0.385 e. The van der Waals surface area contributed by atoms with E-state index in [1.807, 2.05) is 36.4 Å². The number of halogens is 3. The summed E-state index contributed by atoms with van der Waals surface area (Å²) in [5, 5.41) is 20.9. The van der Waals surface area contributed by atoms with Crippen LogP contribution >= 0.6 is 0 Å². The van der Waals surface area contributed by atoms with Crippen LogP contribution in [0.4, 0.5) is 13.2 Å². The van der Waals surface area contributed by atoms with Crippen LogP contribution in [-0.4, -0.2) is 35.3 Å². The van der Waals surface area contributed by atoms with Gasteiger partial charge in [-0.1, -0.05) is 36.4 Å². The first-order valence-electron chi connectivity index (χ1n) is 9.52. The van der Waals surface area contributed by atoms with E-state index in [2.05, 4.69) is 4.90 Å². The van der Waals surface area contributed by atoms with Gasteiger partial charge >= 0.3 is 6.18 Å². The third kappa shape index (κ3) is 3.88. The summed E-state index contributed by atoms with van der Waals surface area (Å²) in [5.41, 5.74) is -0.947. The number of aliphatic hydroxyl groups is 1. The van der Waals surface area contributed by atoms with E-state index >= 15 is 0 Å². The highest BCUT2D eigenvalue weighted by Gasteiger charge is 2.48. The van der Waals surface area contributed by atoms with Crippen molar-refractivity contribution in [2.45, 2.75) is 43.2 Å². The molecule has 2 aromatic carbocycles. The van der Waals surface area contributed by atoms with Gasteiger partial charge < -0.3 is 9.84 Å². The van der Waals surface area contributed by atoms with Crippen LogP contribution < -0.4 is 0 Å². The molecule has 0 saturated carbocycles. The number of fused-ring (bicyclic) bond motifs is 2. The fourth-order valence-corrected chi connectivity index (χ4v) is 4.54. The minimum Gasteiger partial charge on any atom is -0.385 e. The lowest BCUT2D eigenvalue weighted by molar-refractivity contribution is -0.150. The second-order valence-electron chi connectivity index (χ2n) is 7.81. The SMILES string of the molecule is N#Cc1cc(C(F)(F)F)ccc1C1(O)CC2COCC(C1)N2Cc1ccccc1. The standard InChI is InChI=1S/C22H21F3N2O2/c23-22(24,25)17-6-7-20(16(8-17)11-26)21(28)9-18-13-29-14-19(10-21)27(18)12-15-4-2-1-3-5-15/h1-8,18-19,28H,9-10,12-14H2. The molecule has 0 aliphatic carbocycles. The molecular weight excluding hydrogens is 381 g/mol. The first kappa shape index (κ1) is 19.9. The van der Waals surface area contributed by atoms with Gasteiger partial charge in [-0.15, -0.1) is 0 Å². The second-order valence-corrected chi connectivity index (χ2v) is 7.81. The van der Waals surface area contributed by atoms with Gasteiger partial charge in [-0.25, -0.2) is 0 Å². The number of nitriles is 1. The van der Waals surface area contributed by atoms with Crippen LogP contribution in [0.15, 0.2) is 48.5 Å². The average Bonchev–Trinajstić information content (AvgIpc) is 2.68. The molecular formula is C22H21F3N2O2. The third-order valence-corrected chi connectivity index (χ3v) is 5.88. The Balaban J connectivity index is 1.63. The molecule has 1 N–H and O–H groups in total. The third-order valence-electron chi connectivity index (χ3n) is 5.88. The molecule has 2 atom stereocenters. The molecule has 2 heterocycles.